The quantitative estimate of drug-likeness (QED) is 0.647. The normalized spacial score (nSPS) is 21.2. The number of nitrogens with one attached hydrogen (secondary N) is 1. The molecule has 1 aromatic heterocycles. The molecule has 0 bridgehead atoms. The van der Waals surface area contributed by atoms with E-state index in [0.717, 1.165) is 50.8 Å². The highest BCUT2D eigenvalue weighted by molar-refractivity contribution is 5.79. The number of nitrogens with zero attached hydrogens (tertiary/aromatic N) is 3. The Kier molecular flexibility index (Phi) is 6.04. The lowest BCUT2D eigenvalue weighted by Crippen LogP contribution is -2.44. The molecule has 1 aliphatic carbocycles. The minimum Gasteiger partial charge on any atom is -0.349 e. The van der Waals surface area contributed by atoms with Crippen molar-refractivity contribution in [2.45, 2.75) is 51.6 Å². The predicted molar refractivity (Wildman–Crippen MR) is 123 cm³/mol. The summed E-state index contributed by atoms with van der Waals surface area (Å²) in [5.74, 6) is 1.38. The Bertz CT molecular complexity index is 1090. The van der Waals surface area contributed by atoms with Crippen LogP contribution in [0.3, 0.4) is 0 Å². The average Bonchev–Trinajstić information content (AvgIpc) is 3.28. The molecule has 2 aromatic carbocycles. The number of carbonyl (C=O) groups is 1. The predicted octanol–water partition coefficient (Wildman–Crippen LogP) is 4.45. The van der Waals surface area contributed by atoms with Crippen LogP contribution in [0.5, 0.6) is 0 Å². The van der Waals surface area contributed by atoms with Crippen LogP contribution in [0.15, 0.2) is 53.1 Å². The number of piperidine rings is 1. The Morgan fingerprint density at radius 1 is 1.16 bits per heavy atom. The molecule has 1 amide bonds. The van der Waals surface area contributed by atoms with E-state index in [2.05, 4.69) is 63.7 Å². The number of carbonyl (C=O) groups excluding carboxylic acids is 1. The molecular weight excluding hydrogens is 400 g/mol. The van der Waals surface area contributed by atoms with Crippen LogP contribution in [0, 0.1) is 12.8 Å². The van der Waals surface area contributed by atoms with Gasteiger partial charge in [-0.1, -0.05) is 53.2 Å². The summed E-state index contributed by atoms with van der Waals surface area (Å²) in [4.78, 5) is 20.0. The molecule has 2 unspecified atom stereocenters. The van der Waals surface area contributed by atoms with Gasteiger partial charge in [0.25, 0.3) is 0 Å². The van der Waals surface area contributed by atoms with Crippen LogP contribution in [0.2, 0.25) is 0 Å². The fourth-order valence-corrected chi connectivity index (χ4v) is 5.02. The highest BCUT2D eigenvalue weighted by Crippen LogP contribution is 2.30. The van der Waals surface area contributed by atoms with Crippen LogP contribution in [0.25, 0.3) is 11.4 Å². The van der Waals surface area contributed by atoms with Gasteiger partial charge in [0, 0.05) is 12.1 Å². The molecule has 2 atom stereocenters. The second-order valence-corrected chi connectivity index (χ2v) is 9.11. The summed E-state index contributed by atoms with van der Waals surface area (Å²) in [5, 5.41) is 7.50. The van der Waals surface area contributed by atoms with Crippen LogP contribution in [0.1, 0.15) is 54.3 Å². The van der Waals surface area contributed by atoms with Gasteiger partial charge in [-0.15, -0.1) is 0 Å². The van der Waals surface area contributed by atoms with Crippen molar-refractivity contribution >= 4 is 5.91 Å². The average molecular weight is 431 g/mol. The van der Waals surface area contributed by atoms with Crippen LogP contribution >= 0.6 is 0 Å². The lowest BCUT2D eigenvalue weighted by molar-refractivity contribution is -0.127. The number of hydrogen-bond acceptors (Lipinski definition) is 5. The Morgan fingerprint density at radius 3 is 2.97 bits per heavy atom. The zero-order valence-electron chi connectivity index (χ0n) is 18.6. The van der Waals surface area contributed by atoms with Gasteiger partial charge in [-0.05, 0) is 62.8 Å². The first-order valence-electron chi connectivity index (χ1n) is 11.7. The Labute approximate surface area is 189 Å². The summed E-state index contributed by atoms with van der Waals surface area (Å²) in [5.41, 5.74) is 4.78. The van der Waals surface area contributed by atoms with E-state index in [1.54, 1.807) is 0 Å². The summed E-state index contributed by atoms with van der Waals surface area (Å²) in [6, 6.07) is 16.7. The third-order valence-electron chi connectivity index (χ3n) is 6.67. The second kappa shape index (κ2) is 9.25. The Hall–Kier alpha value is -2.99. The topological polar surface area (TPSA) is 71.3 Å². The summed E-state index contributed by atoms with van der Waals surface area (Å²) >= 11 is 0. The minimum absolute atomic E-state index is 0.00277. The number of aryl methyl sites for hydroxylation is 2. The number of aromatic nitrogens is 2. The summed E-state index contributed by atoms with van der Waals surface area (Å²) in [6.45, 7) is 4.30. The third-order valence-corrected chi connectivity index (χ3v) is 6.67. The molecule has 1 aliphatic heterocycles. The number of fused-ring (bicyclic) bond motifs is 1. The van der Waals surface area contributed by atoms with Gasteiger partial charge < -0.3 is 9.84 Å². The maximum absolute atomic E-state index is 13.1. The van der Waals surface area contributed by atoms with E-state index in [4.69, 9.17) is 4.52 Å². The van der Waals surface area contributed by atoms with Crippen molar-refractivity contribution in [1.29, 1.82) is 0 Å². The number of hydrogen-bond donors (Lipinski definition) is 1. The summed E-state index contributed by atoms with van der Waals surface area (Å²) in [7, 11) is 0. The number of benzene rings is 2. The minimum atomic E-state index is -0.00277. The molecule has 2 aliphatic rings. The van der Waals surface area contributed by atoms with E-state index in [1.807, 2.05) is 12.1 Å². The molecule has 1 N–H and O–H groups in total. The van der Waals surface area contributed by atoms with Crippen LogP contribution < -0.4 is 5.32 Å². The summed E-state index contributed by atoms with van der Waals surface area (Å²) < 4.78 is 5.51. The van der Waals surface area contributed by atoms with Crippen LogP contribution in [0.4, 0.5) is 0 Å². The fraction of sp³-hybridized carbons (Fsp3) is 0.423. The molecule has 32 heavy (non-hydrogen) atoms. The smallest absolute Gasteiger partial charge is 0.241 e. The Balaban J connectivity index is 1.20. The SMILES string of the molecule is Cc1cccc(-c2noc(CN3CCCC(C(=O)NC4CCCc5ccccc54)C3)n2)c1. The zero-order chi connectivity index (χ0) is 21.9. The highest BCUT2D eigenvalue weighted by atomic mass is 16.5. The van der Waals surface area contributed by atoms with Crippen molar-refractivity contribution in [3.63, 3.8) is 0 Å². The molecule has 0 spiro atoms. The number of amides is 1. The molecule has 0 saturated carbocycles. The molecule has 0 radical (unpaired) electrons. The van der Waals surface area contributed by atoms with Crippen molar-refractivity contribution < 1.29 is 9.32 Å². The molecule has 5 rings (SSSR count). The van der Waals surface area contributed by atoms with Crippen LogP contribution in [-0.2, 0) is 17.8 Å². The molecule has 6 heteroatoms. The molecule has 1 fully saturated rings. The van der Waals surface area contributed by atoms with E-state index in [-0.39, 0.29) is 17.9 Å². The van der Waals surface area contributed by atoms with Gasteiger partial charge in [-0.2, -0.15) is 4.98 Å². The lowest BCUT2D eigenvalue weighted by atomic mass is 9.87. The maximum Gasteiger partial charge on any atom is 0.241 e. The summed E-state index contributed by atoms with van der Waals surface area (Å²) in [6.07, 6.45) is 5.17. The number of rotatable bonds is 5. The van der Waals surface area contributed by atoms with Gasteiger partial charge >= 0.3 is 0 Å². The van der Waals surface area contributed by atoms with Gasteiger partial charge in [0.05, 0.1) is 18.5 Å². The first kappa shape index (κ1) is 20.9. The van der Waals surface area contributed by atoms with Crippen LogP contribution in [-0.4, -0.2) is 34.0 Å². The molecule has 6 nitrogen and oxygen atoms in total. The molecule has 3 aromatic rings. The van der Waals surface area contributed by atoms with Gasteiger partial charge in [0.2, 0.25) is 17.6 Å². The van der Waals surface area contributed by atoms with Crippen molar-refractivity contribution in [3.05, 3.63) is 71.1 Å². The third kappa shape index (κ3) is 4.60. The largest absolute Gasteiger partial charge is 0.349 e. The number of likely N-dealkylation sites (tertiary alicyclic amines) is 1. The Morgan fingerprint density at radius 2 is 2.06 bits per heavy atom. The molecular formula is C26H30N4O2. The van der Waals surface area contributed by atoms with Gasteiger partial charge in [-0.3, -0.25) is 9.69 Å². The van der Waals surface area contributed by atoms with Gasteiger partial charge in [0.1, 0.15) is 0 Å². The molecule has 2 heterocycles. The van der Waals surface area contributed by atoms with E-state index in [1.165, 1.54) is 16.7 Å². The van der Waals surface area contributed by atoms with Crippen molar-refractivity contribution in [3.8, 4) is 11.4 Å². The van der Waals surface area contributed by atoms with E-state index in [9.17, 15) is 4.79 Å². The van der Waals surface area contributed by atoms with Gasteiger partial charge in [0.15, 0.2) is 0 Å². The molecule has 1 saturated heterocycles. The van der Waals surface area contributed by atoms with Crippen molar-refractivity contribution in [2.75, 3.05) is 13.1 Å². The first-order chi connectivity index (χ1) is 15.7. The zero-order valence-corrected chi connectivity index (χ0v) is 18.6. The first-order valence-corrected chi connectivity index (χ1v) is 11.7. The highest BCUT2D eigenvalue weighted by Gasteiger charge is 2.29. The van der Waals surface area contributed by atoms with E-state index in [0.29, 0.717) is 18.3 Å². The monoisotopic (exact) mass is 430 g/mol. The van der Waals surface area contributed by atoms with Crippen molar-refractivity contribution in [2.24, 2.45) is 5.92 Å². The standard InChI is InChI=1S/C26H30N4O2/c1-18-7-4-10-20(15-18)25-28-24(32-29-25)17-30-14-6-11-21(16-30)26(31)27-23-13-5-9-19-8-2-3-12-22(19)23/h2-4,7-8,10,12,15,21,23H,5-6,9,11,13-14,16-17H2,1H3,(H,27,31). The van der Waals surface area contributed by atoms with Crippen molar-refractivity contribution in [1.82, 2.24) is 20.4 Å². The van der Waals surface area contributed by atoms with E-state index < -0.39 is 0 Å². The lowest BCUT2D eigenvalue weighted by Gasteiger charge is -2.33. The second-order valence-electron chi connectivity index (χ2n) is 9.11. The maximum atomic E-state index is 13.1. The fourth-order valence-electron chi connectivity index (χ4n) is 5.02. The van der Waals surface area contributed by atoms with E-state index >= 15 is 0 Å². The molecule has 166 valence electrons. The van der Waals surface area contributed by atoms with Gasteiger partial charge in [-0.25, -0.2) is 0 Å².